The molecule has 1 aromatic carbocycles. The van der Waals surface area contributed by atoms with Crippen LogP contribution in [0, 0.1) is 10.1 Å². The fourth-order valence-corrected chi connectivity index (χ4v) is 3.12. The smallest absolute Gasteiger partial charge is 0.293 e. The van der Waals surface area contributed by atoms with E-state index in [1.807, 2.05) is 12.1 Å². The highest BCUT2D eigenvalue weighted by atomic mass is 79.9. The van der Waals surface area contributed by atoms with Gasteiger partial charge in [-0.25, -0.2) is 0 Å². The largest absolute Gasteiger partial charge is 0.373 e. The number of hydrogen-bond acceptors (Lipinski definition) is 4. The highest BCUT2D eigenvalue weighted by Gasteiger charge is 2.16. The molecule has 0 atom stereocenters. The van der Waals surface area contributed by atoms with Crippen LogP contribution in [-0.4, -0.2) is 4.92 Å². The number of benzene rings is 1. The number of thiophene rings is 1. The minimum Gasteiger partial charge on any atom is -0.373 e. The van der Waals surface area contributed by atoms with Gasteiger partial charge in [-0.1, -0.05) is 17.7 Å². The maximum atomic E-state index is 10.9. The summed E-state index contributed by atoms with van der Waals surface area (Å²) < 4.78 is 1.02. The van der Waals surface area contributed by atoms with E-state index in [-0.39, 0.29) is 5.69 Å². The number of para-hydroxylation sites is 1. The lowest BCUT2D eigenvalue weighted by atomic mass is 10.2. The Labute approximate surface area is 121 Å². The molecule has 0 saturated heterocycles. The Kier molecular flexibility index (Phi) is 4.21. The van der Waals surface area contributed by atoms with Crippen molar-refractivity contribution in [2.45, 2.75) is 6.54 Å². The number of anilines is 1. The first-order valence-corrected chi connectivity index (χ1v) is 6.97. The molecule has 2 aromatic rings. The van der Waals surface area contributed by atoms with Gasteiger partial charge in [0.25, 0.3) is 5.69 Å². The van der Waals surface area contributed by atoms with Crippen LogP contribution < -0.4 is 5.32 Å². The van der Waals surface area contributed by atoms with E-state index in [1.54, 1.807) is 23.5 Å². The molecule has 0 unspecified atom stereocenters. The molecular formula is C11H8BrClN2O2S. The number of nitro benzene ring substituents is 1. The summed E-state index contributed by atoms with van der Waals surface area (Å²) in [6.45, 7) is 0.501. The molecular weight excluding hydrogens is 340 g/mol. The van der Waals surface area contributed by atoms with Gasteiger partial charge in [-0.05, 0) is 34.1 Å². The van der Waals surface area contributed by atoms with Gasteiger partial charge in [0, 0.05) is 17.5 Å². The quantitative estimate of drug-likeness (QED) is 0.645. The summed E-state index contributed by atoms with van der Waals surface area (Å²) in [6.07, 6.45) is 0. The van der Waals surface area contributed by atoms with Crippen LogP contribution in [0.15, 0.2) is 34.1 Å². The highest BCUT2D eigenvalue weighted by Crippen LogP contribution is 2.33. The summed E-state index contributed by atoms with van der Waals surface area (Å²) in [4.78, 5) is 11.5. The molecule has 1 N–H and O–H groups in total. The molecule has 0 aliphatic heterocycles. The highest BCUT2D eigenvalue weighted by molar-refractivity contribution is 9.11. The molecule has 0 fully saturated rings. The van der Waals surface area contributed by atoms with Gasteiger partial charge in [0.05, 0.1) is 13.7 Å². The summed E-state index contributed by atoms with van der Waals surface area (Å²) in [5.41, 5.74) is 0.340. The zero-order valence-electron chi connectivity index (χ0n) is 9.02. The van der Waals surface area contributed by atoms with Gasteiger partial charge in [-0.2, -0.15) is 0 Å². The van der Waals surface area contributed by atoms with E-state index >= 15 is 0 Å². The zero-order valence-corrected chi connectivity index (χ0v) is 12.2. The van der Waals surface area contributed by atoms with Crippen LogP contribution in [0.1, 0.15) is 4.88 Å². The van der Waals surface area contributed by atoms with Crippen molar-refractivity contribution in [3.05, 3.63) is 54.1 Å². The van der Waals surface area contributed by atoms with Crippen LogP contribution in [0.25, 0.3) is 0 Å². The summed E-state index contributed by atoms with van der Waals surface area (Å²) in [5.74, 6) is 0. The monoisotopic (exact) mass is 346 g/mol. The Morgan fingerprint density at radius 3 is 2.78 bits per heavy atom. The zero-order chi connectivity index (χ0) is 13.1. The third-order valence-electron chi connectivity index (χ3n) is 2.26. The van der Waals surface area contributed by atoms with Crippen molar-refractivity contribution in [1.29, 1.82) is 0 Å². The molecule has 0 radical (unpaired) electrons. The number of rotatable bonds is 4. The van der Waals surface area contributed by atoms with Gasteiger partial charge >= 0.3 is 0 Å². The Bertz CT molecular complexity index is 588. The average Bonchev–Trinajstić information content (AvgIpc) is 2.73. The summed E-state index contributed by atoms with van der Waals surface area (Å²) in [5, 5.41) is 14.2. The first kappa shape index (κ1) is 13.3. The number of halogens is 2. The lowest BCUT2D eigenvalue weighted by Crippen LogP contribution is -2.02. The first-order valence-electron chi connectivity index (χ1n) is 4.99. The topological polar surface area (TPSA) is 55.2 Å². The van der Waals surface area contributed by atoms with Crippen molar-refractivity contribution in [1.82, 2.24) is 0 Å². The van der Waals surface area contributed by atoms with Gasteiger partial charge in [0.15, 0.2) is 0 Å². The number of nitro groups is 1. The molecule has 0 saturated carbocycles. The van der Waals surface area contributed by atoms with Crippen LogP contribution >= 0.6 is 38.9 Å². The van der Waals surface area contributed by atoms with E-state index in [0.29, 0.717) is 17.3 Å². The predicted octanol–water partition coefficient (Wildman–Crippen LogP) is 4.68. The van der Waals surface area contributed by atoms with Crippen LogP contribution in [0.4, 0.5) is 11.4 Å². The molecule has 94 valence electrons. The molecule has 1 aromatic heterocycles. The molecule has 4 nitrogen and oxygen atoms in total. The van der Waals surface area contributed by atoms with E-state index < -0.39 is 4.92 Å². The van der Waals surface area contributed by atoms with Crippen molar-refractivity contribution in [2.75, 3.05) is 5.32 Å². The maximum Gasteiger partial charge on any atom is 0.293 e. The lowest BCUT2D eigenvalue weighted by Gasteiger charge is -2.07. The fraction of sp³-hybridized carbons (Fsp3) is 0.0909. The Morgan fingerprint density at radius 1 is 1.39 bits per heavy atom. The average molecular weight is 348 g/mol. The van der Waals surface area contributed by atoms with Crippen molar-refractivity contribution in [3.8, 4) is 0 Å². The molecule has 1 heterocycles. The Morgan fingerprint density at radius 2 is 2.17 bits per heavy atom. The second kappa shape index (κ2) is 5.69. The fourth-order valence-electron chi connectivity index (χ4n) is 1.46. The Balaban J connectivity index is 2.20. The molecule has 7 heteroatoms. The molecule has 0 aliphatic rings. The van der Waals surface area contributed by atoms with E-state index in [0.717, 1.165) is 8.66 Å². The van der Waals surface area contributed by atoms with Crippen LogP contribution in [0.2, 0.25) is 5.02 Å². The number of nitrogens with zero attached hydrogens (tertiary/aromatic N) is 1. The minimum atomic E-state index is -0.446. The SMILES string of the molecule is O=[N+]([O-])c1cccc(Cl)c1NCc1ccc(Br)s1. The second-order valence-corrected chi connectivity index (χ2v) is 6.41. The van der Waals surface area contributed by atoms with Crippen LogP contribution in [0.3, 0.4) is 0 Å². The third-order valence-corrected chi connectivity index (χ3v) is 4.20. The predicted molar refractivity (Wildman–Crippen MR) is 77.5 cm³/mol. The van der Waals surface area contributed by atoms with Crippen molar-refractivity contribution in [2.24, 2.45) is 0 Å². The molecule has 0 aliphatic carbocycles. The van der Waals surface area contributed by atoms with E-state index in [1.165, 1.54) is 6.07 Å². The van der Waals surface area contributed by atoms with E-state index in [2.05, 4.69) is 21.2 Å². The molecule has 0 bridgehead atoms. The second-order valence-electron chi connectivity index (χ2n) is 3.45. The molecule has 2 rings (SSSR count). The minimum absolute atomic E-state index is 0.0156. The lowest BCUT2D eigenvalue weighted by molar-refractivity contribution is -0.383. The van der Waals surface area contributed by atoms with Gasteiger partial charge < -0.3 is 5.32 Å². The summed E-state index contributed by atoms with van der Waals surface area (Å²) in [6, 6.07) is 8.50. The van der Waals surface area contributed by atoms with Crippen molar-refractivity contribution in [3.63, 3.8) is 0 Å². The number of nitrogens with one attached hydrogen (secondary N) is 1. The van der Waals surface area contributed by atoms with Crippen molar-refractivity contribution < 1.29 is 4.92 Å². The van der Waals surface area contributed by atoms with Crippen molar-refractivity contribution >= 4 is 50.2 Å². The van der Waals surface area contributed by atoms with E-state index in [9.17, 15) is 10.1 Å². The van der Waals surface area contributed by atoms with Crippen LogP contribution in [0.5, 0.6) is 0 Å². The normalized spacial score (nSPS) is 10.3. The van der Waals surface area contributed by atoms with Gasteiger partial charge in [-0.15, -0.1) is 11.3 Å². The standard InChI is InChI=1S/C11H8BrClN2O2S/c12-10-5-4-7(18-10)6-14-11-8(13)2-1-3-9(11)15(16)17/h1-5,14H,6H2. The summed E-state index contributed by atoms with van der Waals surface area (Å²) >= 11 is 10.9. The molecule has 0 spiro atoms. The summed E-state index contributed by atoms with van der Waals surface area (Å²) in [7, 11) is 0. The molecule has 0 amide bonds. The van der Waals surface area contributed by atoms with Crippen LogP contribution in [-0.2, 0) is 6.54 Å². The maximum absolute atomic E-state index is 10.9. The number of hydrogen-bond donors (Lipinski definition) is 1. The Hall–Kier alpha value is -1.11. The first-order chi connectivity index (χ1) is 8.58. The van der Waals surface area contributed by atoms with Gasteiger partial charge in [-0.3, -0.25) is 10.1 Å². The molecule has 18 heavy (non-hydrogen) atoms. The van der Waals surface area contributed by atoms with Gasteiger partial charge in [0.1, 0.15) is 5.69 Å². The van der Waals surface area contributed by atoms with Gasteiger partial charge in [0.2, 0.25) is 0 Å². The van der Waals surface area contributed by atoms with E-state index in [4.69, 9.17) is 11.6 Å². The third kappa shape index (κ3) is 3.01.